The van der Waals surface area contributed by atoms with Crippen LogP contribution in [0.2, 0.25) is 0 Å². The quantitative estimate of drug-likeness (QED) is 0.305. The Bertz CT molecular complexity index is 1260. The first kappa shape index (κ1) is 15.8. The van der Waals surface area contributed by atoms with E-state index in [4.69, 9.17) is 0 Å². The molecule has 8 bridgehead atoms. The number of rotatable bonds is 0. The predicted molar refractivity (Wildman–Crippen MR) is 112 cm³/mol. The molecule has 1 aliphatic heterocycles. The summed E-state index contributed by atoms with van der Waals surface area (Å²) in [6, 6.07) is 16.6. The molecule has 0 saturated carbocycles. The molecule has 128 valence electrons. The molecule has 4 nitrogen and oxygen atoms in total. The van der Waals surface area contributed by atoms with Crippen molar-refractivity contribution >= 4 is 53.0 Å². The van der Waals surface area contributed by atoms with E-state index in [1.54, 1.807) is 0 Å². The van der Waals surface area contributed by atoms with Gasteiger partial charge in [0.1, 0.15) is 0 Å². The summed E-state index contributed by atoms with van der Waals surface area (Å²) in [5.74, 6) is 0. The van der Waals surface area contributed by atoms with Crippen LogP contribution in [0.5, 0.6) is 0 Å². The molecule has 4 aromatic rings. The molecule has 26 heavy (non-hydrogen) atoms. The molecule has 4 N–H and O–H groups in total. The number of fused-ring (bicyclic) bond motifs is 8. The monoisotopic (exact) mass is 468 g/mol. The summed E-state index contributed by atoms with van der Waals surface area (Å²) in [7, 11) is 0. The van der Waals surface area contributed by atoms with Gasteiger partial charge in [-0.05, 0) is 92.5 Å². The van der Waals surface area contributed by atoms with Crippen LogP contribution >= 0.6 is 31.9 Å². The SMILES string of the molecule is BrC1=c2ccc([nH]2)=C(Br)c2ccc([nH]2)C=c2ccc([nH]2)=Cc2ccc1[nH]2. The van der Waals surface area contributed by atoms with Crippen LogP contribution in [0.25, 0.3) is 21.1 Å². The smallest absolute Gasteiger partial charge is 0.0645 e. The van der Waals surface area contributed by atoms with E-state index in [0.717, 1.165) is 53.1 Å². The van der Waals surface area contributed by atoms with Crippen LogP contribution in [0.15, 0.2) is 48.5 Å². The third-order valence-electron chi connectivity index (χ3n) is 4.40. The highest BCUT2D eigenvalue weighted by Gasteiger charge is 2.06. The van der Waals surface area contributed by atoms with E-state index in [-0.39, 0.29) is 0 Å². The molecule has 5 rings (SSSR count). The Balaban J connectivity index is 1.85. The molecule has 1 aliphatic rings. The Kier molecular flexibility index (Phi) is 3.69. The molecule has 0 amide bonds. The van der Waals surface area contributed by atoms with Gasteiger partial charge in [0.25, 0.3) is 0 Å². The average molecular weight is 470 g/mol. The van der Waals surface area contributed by atoms with E-state index in [1.165, 1.54) is 0 Å². The zero-order valence-corrected chi connectivity index (χ0v) is 16.7. The zero-order valence-electron chi connectivity index (χ0n) is 13.5. The second-order valence-electron chi connectivity index (χ2n) is 6.23. The van der Waals surface area contributed by atoms with Crippen molar-refractivity contribution in [1.29, 1.82) is 0 Å². The molecule has 0 atom stereocenters. The van der Waals surface area contributed by atoms with Gasteiger partial charge >= 0.3 is 0 Å². The van der Waals surface area contributed by atoms with Crippen LogP contribution in [-0.4, -0.2) is 19.9 Å². The number of aromatic nitrogens is 4. The number of aromatic amines is 4. The molecule has 0 fully saturated rings. The lowest BCUT2D eigenvalue weighted by atomic mass is 10.3. The maximum absolute atomic E-state index is 3.71. The molecular formula is C20H14Br2N4. The fraction of sp³-hybridized carbons (Fsp3) is 0. The van der Waals surface area contributed by atoms with E-state index < -0.39 is 0 Å². The first-order chi connectivity index (χ1) is 12.7. The van der Waals surface area contributed by atoms with Crippen molar-refractivity contribution in [2.75, 3.05) is 0 Å². The fourth-order valence-electron chi connectivity index (χ4n) is 3.12. The first-order valence-electron chi connectivity index (χ1n) is 8.18. The van der Waals surface area contributed by atoms with Gasteiger partial charge in [-0.3, -0.25) is 0 Å². The van der Waals surface area contributed by atoms with Crippen molar-refractivity contribution in [3.8, 4) is 0 Å². The van der Waals surface area contributed by atoms with Gasteiger partial charge in [-0.2, -0.15) is 0 Å². The molecule has 5 heterocycles. The lowest BCUT2D eigenvalue weighted by Crippen LogP contribution is -2.13. The van der Waals surface area contributed by atoms with Crippen LogP contribution in [-0.2, 0) is 0 Å². The van der Waals surface area contributed by atoms with Crippen LogP contribution < -0.4 is 21.4 Å². The lowest BCUT2D eigenvalue weighted by molar-refractivity contribution is 1.23. The zero-order chi connectivity index (χ0) is 17.7. The summed E-state index contributed by atoms with van der Waals surface area (Å²) in [5, 5.41) is 4.12. The highest BCUT2D eigenvalue weighted by molar-refractivity contribution is 9.15. The number of nitrogens with one attached hydrogen (secondary N) is 4. The van der Waals surface area contributed by atoms with Gasteiger partial charge in [-0.25, -0.2) is 0 Å². The maximum atomic E-state index is 3.71. The Morgan fingerprint density at radius 3 is 1.50 bits per heavy atom. The highest BCUT2D eigenvalue weighted by atomic mass is 79.9. The summed E-state index contributed by atoms with van der Waals surface area (Å²) in [6.45, 7) is 0. The third kappa shape index (κ3) is 2.75. The molecule has 0 aromatic carbocycles. The molecule has 0 spiro atoms. The largest absolute Gasteiger partial charge is 0.355 e. The van der Waals surface area contributed by atoms with E-state index >= 15 is 0 Å². The lowest BCUT2D eigenvalue weighted by Gasteiger charge is -1.95. The van der Waals surface area contributed by atoms with Gasteiger partial charge in [-0.15, -0.1) is 0 Å². The third-order valence-corrected chi connectivity index (χ3v) is 6.11. The van der Waals surface area contributed by atoms with Crippen LogP contribution in [0.3, 0.4) is 0 Å². The normalized spacial score (nSPS) is 13.5. The van der Waals surface area contributed by atoms with Gasteiger partial charge in [0.15, 0.2) is 0 Å². The van der Waals surface area contributed by atoms with E-state index in [2.05, 4.69) is 112 Å². The van der Waals surface area contributed by atoms with Crippen LogP contribution in [0.1, 0.15) is 22.8 Å². The molecule has 0 unspecified atom stereocenters. The van der Waals surface area contributed by atoms with Crippen molar-refractivity contribution in [1.82, 2.24) is 19.9 Å². The standard InChI is InChI=1S/C20H14Br2N4/c21-19-15-5-3-13(24-15)9-11-1-2-12(23-11)10-14-4-6-16(25-14)20(22)18-8-7-17(19)26-18/h1-10,23-26H. The van der Waals surface area contributed by atoms with Crippen molar-refractivity contribution < 1.29 is 0 Å². The van der Waals surface area contributed by atoms with Crippen molar-refractivity contribution in [2.45, 2.75) is 0 Å². The molecule has 0 saturated heterocycles. The summed E-state index contributed by atoms with van der Waals surface area (Å²) < 4.78 is 1.98. The number of hydrogen-bond donors (Lipinski definition) is 4. The van der Waals surface area contributed by atoms with E-state index in [0.29, 0.717) is 0 Å². The number of H-pyrrole nitrogens is 4. The number of hydrogen-bond acceptors (Lipinski definition) is 0. The Labute approximate surface area is 165 Å². The molecule has 0 aliphatic carbocycles. The van der Waals surface area contributed by atoms with Crippen molar-refractivity contribution in [3.05, 3.63) is 92.7 Å². The average Bonchev–Trinajstić information content (AvgIpc) is 3.41. The Morgan fingerprint density at radius 1 is 0.500 bits per heavy atom. The summed E-state index contributed by atoms with van der Waals surface area (Å²) in [6.07, 6.45) is 4.19. The van der Waals surface area contributed by atoms with E-state index in [9.17, 15) is 0 Å². The van der Waals surface area contributed by atoms with Crippen molar-refractivity contribution in [3.63, 3.8) is 0 Å². The Morgan fingerprint density at radius 2 is 1.00 bits per heavy atom. The van der Waals surface area contributed by atoms with E-state index in [1.807, 2.05) is 0 Å². The molecule has 0 radical (unpaired) electrons. The minimum Gasteiger partial charge on any atom is -0.355 e. The second-order valence-corrected chi connectivity index (χ2v) is 7.81. The van der Waals surface area contributed by atoms with Crippen molar-refractivity contribution in [2.24, 2.45) is 0 Å². The van der Waals surface area contributed by atoms with Crippen LogP contribution in [0, 0.1) is 0 Å². The first-order valence-corrected chi connectivity index (χ1v) is 9.76. The fourth-order valence-corrected chi connectivity index (χ4v) is 4.05. The Hall–Kier alpha value is -2.44. The van der Waals surface area contributed by atoms with Gasteiger partial charge in [-0.1, -0.05) is 0 Å². The summed E-state index contributed by atoms with van der Waals surface area (Å²) in [5.41, 5.74) is 4.12. The maximum Gasteiger partial charge on any atom is 0.0645 e. The van der Waals surface area contributed by atoms with Gasteiger partial charge in [0.05, 0.1) is 31.1 Å². The highest BCUT2D eigenvalue weighted by Crippen LogP contribution is 2.19. The summed E-state index contributed by atoms with van der Waals surface area (Å²) in [4.78, 5) is 13.8. The minimum absolute atomic E-state index is 0.989. The topological polar surface area (TPSA) is 63.2 Å². The molecule has 6 heteroatoms. The van der Waals surface area contributed by atoms with Gasteiger partial charge < -0.3 is 19.9 Å². The second kappa shape index (κ2) is 6.07. The summed E-state index contributed by atoms with van der Waals surface area (Å²) >= 11 is 7.42. The van der Waals surface area contributed by atoms with Crippen LogP contribution in [0.4, 0.5) is 0 Å². The van der Waals surface area contributed by atoms with Gasteiger partial charge in [0, 0.05) is 22.1 Å². The number of halogens is 2. The molecular weight excluding hydrogens is 456 g/mol. The predicted octanol–water partition coefficient (Wildman–Crippen LogP) is 2.07. The molecule has 4 aromatic heterocycles. The minimum atomic E-state index is 0.989. The van der Waals surface area contributed by atoms with Gasteiger partial charge in [0.2, 0.25) is 0 Å².